The van der Waals surface area contributed by atoms with Gasteiger partial charge < -0.3 is 19.5 Å². The van der Waals surface area contributed by atoms with Crippen LogP contribution in [-0.2, 0) is 43.6 Å². The molecule has 3 aromatic rings. The van der Waals surface area contributed by atoms with Crippen LogP contribution in [-0.4, -0.2) is 42.6 Å². The van der Waals surface area contributed by atoms with Crippen LogP contribution >= 0.6 is 0 Å². The fraction of sp³-hybridized carbons (Fsp3) is 0.281. The molecular weight excluding hydrogens is 552 g/mol. The molecule has 0 spiro atoms. The molecule has 43 heavy (non-hydrogen) atoms. The van der Waals surface area contributed by atoms with E-state index in [0.29, 0.717) is 19.3 Å². The third kappa shape index (κ3) is 10.3. The summed E-state index contributed by atoms with van der Waals surface area (Å²) in [5.41, 5.74) is 2.46. The third-order valence-electron chi connectivity index (χ3n) is 6.57. The van der Waals surface area contributed by atoms with Crippen molar-refractivity contribution < 1.29 is 33.4 Å². The first-order valence-electron chi connectivity index (χ1n) is 14.0. The molecule has 1 saturated heterocycles. The van der Waals surface area contributed by atoms with Crippen molar-refractivity contribution in [1.29, 1.82) is 0 Å². The minimum atomic E-state index is -0.797. The number of nitrogens with zero attached hydrogens (tertiary/aromatic N) is 1. The van der Waals surface area contributed by atoms with Gasteiger partial charge in [0.2, 0.25) is 11.9 Å². The Morgan fingerprint density at radius 2 is 1.14 bits per heavy atom. The van der Waals surface area contributed by atoms with E-state index < -0.39 is 30.1 Å². The first-order valence-corrected chi connectivity index (χ1v) is 14.0. The highest BCUT2D eigenvalue weighted by Gasteiger charge is 2.44. The molecule has 1 aliphatic heterocycles. The Bertz CT molecular complexity index is 1330. The van der Waals surface area contributed by atoms with Crippen LogP contribution in [0.15, 0.2) is 96.0 Å². The average Bonchev–Trinajstić information content (AvgIpc) is 3.03. The smallest absolute Gasteiger partial charge is 0.414 e. The maximum Gasteiger partial charge on any atom is 0.414 e. The van der Waals surface area contributed by atoms with Gasteiger partial charge in [-0.2, -0.15) is 0 Å². The van der Waals surface area contributed by atoms with Crippen LogP contribution in [0, 0.1) is 5.92 Å². The number of alkyl carbamates (subject to hydrolysis) is 2. The van der Waals surface area contributed by atoms with Crippen LogP contribution in [0.25, 0.3) is 0 Å². The number of unbranched alkanes of at least 4 members (excludes halogenated alkanes) is 1. The van der Waals surface area contributed by atoms with Crippen molar-refractivity contribution in [2.24, 2.45) is 10.9 Å². The molecule has 3 amide bonds. The second-order valence-corrected chi connectivity index (χ2v) is 9.79. The molecule has 0 saturated carbocycles. The molecule has 0 aliphatic carbocycles. The van der Waals surface area contributed by atoms with Gasteiger partial charge in [-0.1, -0.05) is 97.4 Å². The summed E-state index contributed by atoms with van der Waals surface area (Å²) in [5, 5.41) is 7.51. The second-order valence-electron chi connectivity index (χ2n) is 9.79. The van der Waals surface area contributed by atoms with E-state index in [1.54, 1.807) is 0 Å². The van der Waals surface area contributed by atoms with Crippen molar-refractivity contribution in [2.45, 2.75) is 45.1 Å². The Labute approximate surface area is 249 Å². The van der Waals surface area contributed by atoms with E-state index in [0.717, 1.165) is 16.7 Å². The number of carbonyl (C=O) groups is 4. The highest BCUT2D eigenvalue weighted by atomic mass is 16.6. The molecule has 0 bridgehead atoms. The summed E-state index contributed by atoms with van der Waals surface area (Å²) in [6.07, 6.45) is -0.0294. The molecule has 1 aliphatic rings. The van der Waals surface area contributed by atoms with Crippen LogP contribution < -0.4 is 16.0 Å². The standard InChI is InChI=1S/C32H34N4O7/c37-28-26(27(34-28)29(38)41-20-23-12-4-1-5-13-23)18-10-11-19-33-30(35-31(39)42-21-24-14-6-2-7-15-24)36-32(40)43-22-25-16-8-3-9-17-25/h1-9,12-17,26-27H,10-11,18-22H2,(H,34,37)(H2,33,35,36,39,40). The molecule has 4 rings (SSSR count). The van der Waals surface area contributed by atoms with Gasteiger partial charge in [-0.3, -0.25) is 20.4 Å². The van der Waals surface area contributed by atoms with Crippen molar-refractivity contribution in [3.05, 3.63) is 108 Å². The number of hydrogen-bond donors (Lipinski definition) is 3. The summed E-state index contributed by atoms with van der Waals surface area (Å²) in [6, 6.07) is 26.9. The number of rotatable bonds is 12. The number of nitrogens with one attached hydrogen (secondary N) is 3. The zero-order valence-corrected chi connectivity index (χ0v) is 23.6. The molecule has 11 nitrogen and oxygen atoms in total. The Balaban J connectivity index is 1.24. The van der Waals surface area contributed by atoms with Gasteiger partial charge in [0, 0.05) is 6.54 Å². The number of esters is 1. The van der Waals surface area contributed by atoms with E-state index in [9.17, 15) is 19.2 Å². The number of aliphatic imine (C=N–C) groups is 1. The lowest BCUT2D eigenvalue weighted by atomic mass is 9.86. The van der Waals surface area contributed by atoms with E-state index in [1.165, 1.54) is 0 Å². The van der Waals surface area contributed by atoms with Crippen LogP contribution in [0.4, 0.5) is 9.59 Å². The van der Waals surface area contributed by atoms with Crippen LogP contribution in [0.1, 0.15) is 36.0 Å². The Morgan fingerprint density at radius 3 is 1.60 bits per heavy atom. The molecule has 3 aromatic carbocycles. The number of benzene rings is 3. The molecule has 224 valence electrons. The average molecular weight is 587 g/mol. The fourth-order valence-electron chi connectivity index (χ4n) is 4.24. The van der Waals surface area contributed by atoms with Crippen LogP contribution in [0.3, 0.4) is 0 Å². The van der Waals surface area contributed by atoms with Gasteiger partial charge in [-0.25, -0.2) is 14.4 Å². The van der Waals surface area contributed by atoms with Crippen molar-refractivity contribution >= 4 is 30.0 Å². The Kier molecular flexibility index (Phi) is 11.7. The van der Waals surface area contributed by atoms with Gasteiger partial charge in [-0.05, 0) is 29.5 Å². The zero-order valence-electron chi connectivity index (χ0n) is 23.6. The number of β-lactam (4-membered cyclic amide) rings is 1. The highest BCUT2D eigenvalue weighted by molar-refractivity contribution is 6.01. The van der Waals surface area contributed by atoms with Crippen molar-refractivity contribution in [1.82, 2.24) is 16.0 Å². The summed E-state index contributed by atoms with van der Waals surface area (Å²) in [4.78, 5) is 53.6. The Hall–Kier alpha value is -5.19. The van der Waals surface area contributed by atoms with E-state index in [-0.39, 0.29) is 38.2 Å². The lowest BCUT2D eigenvalue weighted by molar-refractivity contribution is -0.159. The molecule has 0 aromatic heterocycles. The lowest BCUT2D eigenvalue weighted by Gasteiger charge is -2.34. The number of hydrogen-bond acceptors (Lipinski definition) is 8. The Morgan fingerprint density at radius 1 is 0.674 bits per heavy atom. The van der Waals surface area contributed by atoms with Crippen molar-refractivity contribution in [2.75, 3.05) is 6.54 Å². The maximum absolute atomic E-state index is 12.5. The van der Waals surface area contributed by atoms with Crippen LogP contribution in [0.5, 0.6) is 0 Å². The van der Waals surface area contributed by atoms with Gasteiger partial charge in [0.05, 0.1) is 5.92 Å². The van der Waals surface area contributed by atoms with Crippen LogP contribution in [0.2, 0.25) is 0 Å². The first-order chi connectivity index (χ1) is 21.0. The highest BCUT2D eigenvalue weighted by Crippen LogP contribution is 2.23. The largest absolute Gasteiger partial charge is 0.459 e. The summed E-state index contributed by atoms with van der Waals surface area (Å²) >= 11 is 0. The molecule has 0 radical (unpaired) electrons. The van der Waals surface area contributed by atoms with E-state index in [2.05, 4.69) is 20.9 Å². The number of amides is 3. The SMILES string of the molecule is O=C(NC(=NCCCCC1C(=O)NC1C(=O)OCc1ccccc1)NC(=O)OCc1ccccc1)OCc1ccccc1. The summed E-state index contributed by atoms with van der Waals surface area (Å²) in [7, 11) is 0. The van der Waals surface area contributed by atoms with Crippen molar-refractivity contribution in [3.8, 4) is 0 Å². The van der Waals surface area contributed by atoms with E-state index in [4.69, 9.17) is 14.2 Å². The normalized spacial score (nSPS) is 15.2. The van der Waals surface area contributed by atoms with Gasteiger partial charge >= 0.3 is 18.2 Å². The first kappa shape index (κ1) is 30.8. The number of carbonyl (C=O) groups excluding carboxylic acids is 4. The summed E-state index contributed by atoms with van der Waals surface area (Å²) in [5.74, 6) is -1.27. The predicted molar refractivity (Wildman–Crippen MR) is 157 cm³/mol. The number of guanidine groups is 1. The molecule has 3 N–H and O–H groups in total. The third-order valence-corrected chi connectivity index (χ3v) is 6.57. The maximum atomic E-state index is 12.5. The minimum absolute atomic E-state index is 0.0385. The van der Waals surface area contributed by atoms with Gasteiger partial charge in [0.25, 0.3) is 0 Å². The van der Waals surface area contributed by atoms with Gasteiger partial charge in [-0.15, -0.1) is 0 Å². The van der Waals surface area contributed by atoms with E-state index in [1.807, 2.05) is 91.0 Å². The summed E-state index contributed by atoms with van der Waals surface area (Å²) < 4.78 is 15.8. The molecular formula is C32H34N4O7. The second kappa shape index (κ2) is 16.3. The molecule has 1 heterocycles. The quantitative estimate of drug-likeness (QED) is 0.0720. The minimum Gasteiger partial charge on any atom is -0.459 e. The molecule has 11 heteroatoms. The monoisotopic (exact) mass is 586 g/mol. The molecule has 2 atom stereocenters. The molecule has 1 fully saturated rings. The number of ether oxygens (including phenoxy) is 3. The predicted octanol–water partition coefficient (Wildman–Crippen LogP) is 4.22. The summed E-state index contributed by atoms with van der Waals surface area (Å²) in [6.45, 7) is 0.441. The van der Waals surface area contributed by atoms with Gasteiger partial charge in [0.1, 0.15) is 25.9 Å². The van der Waals surface area contributed by atoms with Gasteiger partial charge in [0.15, 0.2) is 0 Å². The molecule has 2 unspecified atom stereocenters. The van der Waals surface area contributed by atoms with Crippen molar-refractivity contribution in [3.63, 3.8) is 0 Å². The van der Waals surface area contributed by atoms with E-state index >= 15 is 0 Å². The zero-order chi connectivity index (χ0) is 30.3. The topological polar surface area (TPSA) is 144 Å². The fourth-order valence-corrected chi connectivity index (χ4v) is 4.24. The lowest BCUT2D eigenvalue weighted by Crippen LogP contribution is -2.62.